The zero-order valence-electron chi connectivity index (χ0n) is 17.3. The van der Waals surface area contributed by atoms with Gasteiger partial charge in [-0.25, -0.2) is 9.78 Å². The number of aryl methyl sites for hydroxylation is 1. The van der Waals surface area contributed by atoms with Crippen LogP contribution in [0.3, 0.4) is 0 Å². The molecule has 0 fully saturated rings. The van der Waals surface area contributed by atoms with Crippen molar-refractivity contribution in [2.24, 2.45) is 0 Å². The van der Waals surface area contributed by atoms with Crippen LogP contribution in [0.4, 0.5) is 5.69 Å². The molecule has 7 heteroatoms. The third-order valence-electron chi connectivity index (χ3n) is 4.48. The van der Waals surface area contributed by atoms with Crippen LogP contribution in [0.2, 0.25) is 0 Å². The summed E-state index contributed by atoms with van der Waals surface area (Å²) in [5.74, 6) is 0.00851. The van der Waals surface area contributed by atoms with Crippen LogP contribution in [-0.4, -0.2) is 23.5 Å². The maximum absolute atomic E-state index is 12.3. The van der Waals surface area contributed by atoms with Crippen LogP contribution in [-0.2, 0) is 9.53 Å². The fraction of sp³-hybridized carbons (Fsp3) is 0.0800. The summed E-state index contributed by atoms with van der Waals surface area (Å²) in [6.07, 6.45) is 0. The van der Waals surface area contributed by atoms with Gasteiger partial charge in [-0.3, -0.25) is 4.79 Å². The van der Waals surface area contributed by atoms with E-state index in [4.69, 9.17) is 9.47 Å². The Hall–Kier alpha value is -3.97. The summed E-state index contributed by atoms with van der Waals surface area (Å²) in [6.45, 7) is 1.57. The molecule has 4 aromatic rings. The van der Waals surface area contributed by atoms with E-state index in [0.29, 0.717) is 22.2 Å². The summed E-state index contributed by atoms with van der Waals surface area (Å²) in [7, 11) is 0. The summed E-state index contributed by atoms with van der Waals surface area (Å²) in [5.41, 5.74) is 2.72. The number of nitrogens with zero attached hydrogens (tertiary/aromatic N) is 1. The third-order valence-corrected chi connectivity index (χ3v) is 5.37. The lowest BCUT2D eigenvalue weighted by molar-refractivity contribution is -0.119. The van der Waals surface area contributed by atoms with Crippen molar-refractivity contribution in [2.75, 3.05) is 11.9 Å². The molecule has 0 aliphatic carbocycles. The van der Waals surface area contributed by atoms with E-state index in [-0.39, 0.29) is 5.69 Å². The molecule has 0 bridgehead atoms. The van der Waals surface area contributed by atoms with E-state index in [0.717, 1.165) is 11.1 Å². The number of carbonyl (C=O) groups is 2. The van der Waals surface area contributed by atoms with Crippen molar-refractivity contribution in [3.8, 4) is 22.1 Å². The summed E-state index contributed by atoms with van der Waals surface area (Å²) >= 11 is 1.35. The van der Waals surface area contributed by atoms with E-state index >= 15 is 0 Å². The highest BCUT2D eigenvalue weighted by molar-refractivity contribution is 7.13. The molecule has 4 rings (SSSR count). The number of rotatable bonds is 7. The highest BCUT2D eigenvalue weighted by Gasteiger charge is 2.16. The maximum atomic E-state index is 12.3. The highest BCUT2D eigenvalue weighted by atomic mass is 32.1. The van der Waals surface area contributed by atoms with E-state index < -0.39 is 18.5 Å². The van der Waals surface area contributed by atoms with Crippen molar-refractivity contribution in [2.45, 2.75) is 6.92 Å². The van der Waals surface area contributed by atoms with Gasteiger partial charge in [-0.1, -0.05) is 60.2 Å². The van der Waals surface area contributed by atoms with E-state index in [1.54, 1.807) is 23.6 Å². The zero-order valence-corrected chi connectivity index (χ0v) is 18.1. The van der Waals surface area contributed by atoms with Gasteiger partial charge in [-0.15, -0.1) is 11.3 Å². The SMILES string of the molecule is Cc1ccc(-c2nc(C(=O)OCC(=O)Nc3ccccc3Oc3ccccc3)cs2)cc1. The standard InChI is InChI=1S/C25H20N2O4S/c1-17-11-13-18(14-12-17)24-27-21(16-32-24)25(29)30-15-23(28)26-20-9-5-6-10-22(20)31-19-7-3-2-4-8-19/h2-14,16H,15H2,1H3,(H,26,28). The van der Waals surface area contributed by atoms with E-state index in [1.165, 1.54) is 11.3 Å². The molecule has 0 atom stereocenters. The van der Waals surface area contributed by atoms with Gasteiger partial charge in [0.15, 0.2) is 18.1 Å². The van der Waals surface area contributed by atoms with Gasteiger partial charge in [-0.2, -0.15) is 0 Å². The van der Waals surface area contributed by atoms with Crippen molar-refractivity contribution < 1.29 is 19.1 Å². The molecule has 0 saturated heterocycles. The average molecular weight is 445 g/mol. The molecular formula is C25H20N2O4S. The van der Waals surface area contributed by atoms with Crippen molar-refractivity contribution >= 4 is 28.9 Å². The molecule has 160 valence electrons. The largest absolute Gasteiger partial charge is 0.455 e. The number of nitrogens with one attached hydrogen (secondary N) is 1. The Balaban J connectivity index is 1.35. The monoisotopic (exact) mass is 444 g/mol. The van der Waals surface area contributed by atoms with Crippen molar-refractivity contribution in [3.05, 3.63) is 95.5 Å². The Kier molecular flexibility index (Phi) is 6.57. The van der Waals surface area contributed by atoms with Crippen molar-refractivity contribution in [1.29, 1.82) is 0 Å². The van der Waals surface area contributed by atoms with Gasteiger partial charge in [0.05, 0.1) is 5.69 Å². The van der Waals surface area contributed by atoms with E-state index in [1.807, 2.05) is 67.6 Å². The summed E-state index contributed by atoms with van der Waals surface area (Å²) in [5, 5.41) is 5.05. The molecule has 0 saturated carbocycles. The first-order valence-electron chi connectivity index (χ1n) is 9.90. The number of benzene rings is 3. The number of aromatic nitrogens is 1. The van der Waals surface area contributed by atoms with Crippen LogP contribution in [0.25, 0.3) is 10.6 Å². The van der Waals surface area contributed by atoms with Gasteiger partial charge in [0.2, 0.25) is 0 Å². The number of ether oxygens (including phenoxy) is 2. The van der Waals surface area contributed by atoms with Gasteiger partial charge >= 0.3 is 5.97 Å². The first-order valence-corrected chi connectivity index (χ1v) is 10.8. The smallest absolute Gasteiger partial charge is 0.358 e. The molecule has 0 radical (unpaired) electrons. The molecule has 32 heavy (non-hydrogen) atoms. The second kappa shape index (κ2) is 9.89. The third kappa shape index (κ3) is 5.39. The number of thiazole rings is 1. The Labute approximate surface area is 189 Å². The van der Waals surface area contributed by atoms with Gasteiger partial charge in [0.25, 0.3) is 5.91 Å². The molecular weight excluding hydrogens is 424 g/mol. The Bertz CT molecular complexity index is 1220. The van der Waals surface area contributed by atoms with Crippen molar-refractivity contribution in [1.82, 2.24) is 4.98 Å². The number of amides is 1. The molecule has 1 heterocycles. The average Bonchev–Trinajstić information content (AvgIpc) is 3.30. The van der Waals surface area contributed by atoms with Gasteiger partial charge in [0.1, 0.15) is 10.8 Å². The van der Waals surface area contributed by atoms with Gasteiger partial charge in [-0.05, 0) is 31.2 Å². The molecule has 6 nitrogen and oxygen atoms in total. The summed E-state index contributed by atoms with van der Waals surface area (Å²) < 4.78 is 11.0. The molecule has 3 aromatic carbocycles. The fourth-order valence-electron chi connectivity index (χ4n) is 2.86. The predicted molar refractivity (Wildman–Crippen MR) is 124 cm³/mol. The number of hydrogen-bond acceptors (Lipinski definition) is 6. The number of hydrogen-bond donors (Lipinski definition) is 1. The minimum absolute atomic E-state index is 0.172. The lowest BCUT2D eigenvalue weighted by atomic mass is 10.2. The van der Waals surface area contributed by atoms with Gasteiger partial charge < -0.3 is 14.8 Å². The first-order chi connectivity index (χ1) is 15.6. The molecule has 0 spiro atoms. The second-order valence-corrected chi connectivity index (χ2v) is 7.80. The molecule has 0 aliphatic heterocycles. The highest BCUT2D eigenvalue weighted by Crippen LogP contribution is 2.29. The van der Waals surface area contributed by atoms with E-state index in [9.17, 15) is 9.59 Å². The summed E-state index contributed by atoms with van der Waals surface area (Å²) in [4.78, 5) is 29.0. The lowest BCUT2D eigenvalue weighted by Crippen LogP contribution is -2.21. The lowest BCUT2D eigenvalue weighted by Gasteiger charge is -2.12. The molecule has 1 amide bonds. The van der Waals surface area contributed by atoms with Gasteiger partial charge in [0, 0.05) is 10.9 Å². The van der Waals surface area contributed by atoms with E-state index in [2.05, 4.69) is 10.3 Å². The predicted octanol–water partition coefficient (Wildman–Crippen LogP) is 5.71. The normalized spacial score (nSPS) is 10.4. The molecule has 0 unspecified atom stereocenters. The fourth-order valence-corrected chi connectivity index (χ4v) is 3.66. The Morgan fingerprint density at radius 1 is 0.938 bits per heavy atom. The van der Waals surface area contributed by atoms with Crippen LogP contribution in [0.5, 0.6) is 11.5 Å². The number of anilines is 1. The number of para-hydroxylation sites is 3. The van der Waals surface area contributed by atoms with Crippen LogP contribution in [0, 0.1) is 6.92 Å². The molecule has 0 aliphatic rings. The minimum atomic E-state index is -0.649. The quantitative estimate of drug-likeness (QED) is 0.370. The zero-order chi connectivity index (χ0) is 22.3. The second-order valence-electron chi connectivity index (χ2n) is 6.94. The van der Waals surface area contributed by atoms with Crippen molar-refractivity contribution in [3.63, 3.8) is 0 Å². The molecule has 1 aromatic heterocycles. The minimum Gasteiger partial charge on any atom is -0.455 e. The summed E-state index contributed by atoms with van der Waals surface area (Å²) in [6, 6.07) is 24.2. The van der Waals surface area contributed by atoms with Crippen LogP contribution >= 0.6 is 11.3 Å². The number of esters is 1. The first kappa shape index (κ1) is 21.3. The van der Waals surface area contributed by atoms with Crippen LogP contribution < -0.4 is 10.1 Å². The maximum Gasteiger partial charge on any atom is 0.358 e. The van der Waals surface area contributed by atoms with Crippen LogP contribution in [0.1, 0.15) is 16.1 Å². The Morgan fingerprint density at radius 3 is 2.44 bits per heavy atom. The molecule has 1 N–H and O–H groups in total. The van der Waals surface area contributed by atoms with Crippen LogP contribution in [0.15, 0.2) is 84.2 Å². The Morgan fingerprint density at radius 2 is 1.66 bits per heavy atom. The number of carbonyl (C=O) groups excluding carboxylic acids is 2. The topological polar surface area (TPSA) is 77.5 Å².